The van der Waals surface area contributed by atoms with Gasteiger partial charge in [-0.15, -0.1) is 0 Å². The van der Waals surface area contributed by atoms with Crippen LogP contribution in [0, 0.1) is 17.0 Å². The molecule has 1 heterocycles. The van der Waals surface area contributed by atoms with Crippen LogP contribution < -0.4 is 4.74 Å². The number of hydrogen-bond acceptors (Lipinski definition) is 7. The maximum atomic E-state index is 10.7. The second-order valence-electron chi connectivity index (χ2n) is 4.24. The third kappa shape index (κ3) is 2.91. The molecule has 0 aliphatic rings. The average Bonchev–Trinajstić information content (AvgIpc) is 2.81. The van der Waals surface area contributed by atoms with E-state index < -0.39 is 11.0 Å². The van der Waals surface area contributed by atoms with Gasteiger partial charge in [0.05, 0.1) is 11.0 Å². The van der Waals surface area contributed by atoms with E-state index in [-0.39, 0.29) is 12.3 Å². The third-order valence-corrected chi connectivity index (χ3v) is 2.77. The summed E-state index contributed by atoms with van der Waals surface area (Å²) in [5, 5.41) is 27.7. The minimum Gasteiger partial charge on any atom is -0.487 e. The number of benzene rings is 1. The molecule has 0 amide bonds. The normalized spacial score (nSPS) is 12.2. The topological polar surface area (TPSA) is 112 Å². The lowest BCUT2D eigenvalue weighted by Gasteiger charge is -2.12. The molecule has 8 heteroatoms. The van der Waals surface area contributed by atoms with Crippen molar-refractivity contribution in [2.75, 3.05) is 0 Å². The van der Waals surface area contributed by atoms with Gasteiger partial charge in [0.1, 0.15) is 23.7 Å². The molecule has 0 saturated heterocycles. The number of aliphatic hydroxyl groups is 1. The van der Waals surface area contributed by atoms with Crippen LogP contribution in [0.15, 0.2) is 22.8 Å². The van der Waals surface area contributed by atoms with Crippen molar-refractivity contribution in [1.82, 2.24) is 10.3 Å². The van der Waals surface area contributed by atoms with Crippen molar-refractivity contribution in [3.63, 3.8) is 0 Å². The van der Waals surface area contributed by atoms with Gasteiger partial charge in [-0.2, -0.15) is 0 Å². The highest BCUT2D eigenvalue weighted by molar-refractivity contribution is 5.44. The fourth-order valence-electron chi connectivity index (χ4n) is 1.63. The van der Waals surface area contributed by atoms with Crippen molar-refractivity contribution in [2.24, 2.45) is 0 Å². The van der Waals surface area contributed by atoms with E-state index in [2.05, 4.69) is 14.9 Å². The smallest absolute Gasteiger partial charge is 0.270 e. The van der Waals surface area contributed by atoms with Gasteiger partial charge in [0.15, 0.2) is 0 Å². The Morgan fingerprint density at radius 2 is 2.25 bits per heavy atom. The number of ether oxygens (including phenoxy) is 1. The van der Waals surface area contributed by atoms with E-state index >= 15 is 0 Å². The SMILES string of the molecule is Cc1nonc1COc1ccc([N+](=O)[O-])cc1[C@H](C)O. The van der Waals surface area contributed by atoms with Crippen LogP contribution in [0.2, 0.25) is 0 Å². The Morgan fingerprint density at radius 3 is 2.80 bits per heavy atom. The Balaban J connectivity index is 2.22. The number of nitro groups is 1. The summed E-state index contributed by atoms with van der Waals surface area (Å²) in [7, 11) is 0. The highest BCUT2D eigenvalue weighted by atomic mass is 16.6. The number of nitrogens with zero attached hydrogens (tertiary/aromatic N) is 3. The summed E-state index contributed by atoms with van der Waals surface area (Å²) in [6.07, 6.45) is -0.888. The summed E-state index contributed by atoms with van der Waals surface area (Å²) in [6.45, 7) is 3.34. The van der Waals surface area contributed by atoms with Crippen LogP contribution in [0.25, 0.3) is 0 Å². The van der Waals surface area contributed by atoms with Crippen molar-refractivity contribution in [3.05, 3.63) is 45.3 Å². The van der Waals surface area contributed by atoms with Crippen molar-refractivity contribution in [2.45, 2.75) is 26.6 Å². The van der Waals surface area contributed by atoms with E-state index in [1.165, 1.54) is 25.1 Å². The molecule has 0 aliphatic heterocycles. The summed E-state index contributed by atoms with van der Waals surface area (Å²) < 4.78 is 10.1. The van der Waals surface area contributed by atoms with Crippen LogP contribution >= 0.6 is 0 Å². The van der Waals surface area contributed by atoms with Gasteiger partial charge in [0.25, 0.3) is 5.69 Å². The van der Waals surface area contributed by atoms with Gasteiger partial charge in [-0.1, -0.05) is 10.3 Å². The minimum atomic E-state index is -0.888. The molecule has 106 valence electrons. The quantitative estimate of drug-likeness (QED) is 0.657. The zero-order valence-electron chi connectivity index (χ0n) is 10.9. The number of hydrogen-bond donors (Lipinski definition) is 1. The lowest BCUT2D eigenvalue weighted by atomic mass is 10.1. The lowest BCUT2D eigenvalue weighted by molar-refractivity contribution is -0.385. The Kier molecular flexibility index (Phi) is 3.94. The standard InChI is InChI=1S/C12H13N3O5/c1-7-11(14-20-13-7)6-19-12-4-3-9(15(17)18)5-10(12)8(2)16/h3-5,8,16H,6H2,1-2H3/t8-/m0/s1. The number of aromatic nitrogens is 2. The van der Waals surface area contributed by atoms with Crippen LogP contribution in [0.4, 0.5) is 5.69 Å². The Bertz CT molecular complexity index is 623. The van der Waals surface area contributed by atoms with E-state index in [0.717, 1.165) is 0 Å². The first kappa shape index (κ1) is 13.9. The summed E-state index contributed by atoms with van der Waals surface area (Å²) >= 11 is 0. The van der Waals surface area contributed by atoms with Gasteiger partial charge in [-0.3, -0.25) is 10.1 Å². The molecule has 1 aromatic heterocycles. The summed E-state index contributed by atoms with van der Waals surface area (Å²) in [5.74, 6) is 0.355. The monoisotopic (exact) mass is 279 g/mol. The molecule has 1 N–H and O–H groups in total. The van der Waals surface area contributed by atoms with Crippen molar-refractivity contribution >= 4 is 5.69 Å². The molecule has 0 fully saturated rings. The van der Waals surface area contributed by atoms with E-state index in [0.29, 0.717) is 22.7 Å². The molecule has 20 heavy (non-hydrogen) atoms. The van der Waals surface area contributed by atoms with Crippen LogP contribution in [0.5, 0.6) is 5.75 Å². The van der Waals surface area contributed by atoms with E-state index in [4.69, 9.17) is 4.74 Å². The summed E-state index contributed by atoms with van der Waals surface area (Å²) in [6, 6.07) is 4.05. The number of nitro benzene ring substituents is 1. The molecule has 0 radical (unpaired) electrons. The molecule has 2 aromatic rings. The van der Waals surface area contributed by atoms with Crippen LogP contribution in [-0.2, 0) is 6.61 Å². The average molecular weight is 279 g/mol. The van der Waals surface area contributed by atoms with Gasteiger partial charge >= 0.3 is 0 Å². The highest BCUT2D eigenvalue weighted by Gasteiger charge is 2.16. The largest absolute Gasteiger partial charge is 0.487 e. The fourth-order valence-corrected chi connectivity index (χ4v) is 1.63. The second kappa shape index (κ2) is 5.66. The van der Waals surface area contributed by atoms with Crippen LogP contribution in [-0.4, -0.2) is 20.3 Å². The zero-order valence-corrected chi connectivity index (χ0v) is 10.9. The predicted molar refractivity (Wildman–Crippen MR) is 67.1 cm³/mol. The van der Waals surface area contributed by atoms with E-state index in [1.807, 2.05) is 0 Å². The number of aryl methyl sites for hydroxylation is 1. The molecule has 0 bridgehead atoms. The third-order valence-electron chi connectivity index (χ3n) is 2.77. The summed E-state index contributed by atoms with van der Waals surface area (Å²) in [5.41, 5.74) is 1.37. The van der Waals surface area contributed by atoms with E-state index in [1.54, 1.807) is 6.92 Å². The van der Waals surface area contributed by atoms with Crippen molar-refractivity contribution in [1.29, 1.82) is 0 Å². The first-order chi connectivity index (χ1) is 9.49. The predicted octanol–water partition coefficient (Wildman–Crippen LogP) is 1.92. The molecule has 0 unspecified atom stereocenters. The molecule has 8 nitrogen and oxygen atoms in total. The highest BCUT2D eigenvalue weighted by Crippen LogP contribution is 2.29. The van der Waals surface area contributed by atoms with Crippen LogP contribution in [0.3, 0.4) is 0 Å². The molecular formula is C12H13N3O5. The molecule has 2 rings (SSSR count). The molecule has 0 aliphatic carbocycles. The maximum Gasteiger partial charge on any atom is 0.270 e. The number of rotatable bonds is 5. The van der Waals surface area contributed by atoms with Crippen molar-refractivity contribution in [3.8, 4) is 5.75 Å². The Labute approximate surface area is 114 Å². The van der Waals surface area contributed by atoms with Gasteiger partial charge in [-0.05, 0) is 19.9 Å². The maximum absolute atomic E-state index is 10.7. The molecule has 1 atom stereocenters. The Morgan fingerprint density at radius 1 is 1.50 bits per heavy atom. The van der Waals surface area contributed by atoms with Crippen LogP contribution in [0.1, 0.15) is 30.0 Å². The molecular weight excluding hydrogens is 266 g/mol. The number of aliphatic hydroxyl groups excluding tert-OH is 1. The van der Waals surface area contributed by atoms with Gasteiger partial charge in [-0.25, -0.2) is 4.63 Å². The first-order valence-corrected chi connectivity index (χ1v) is 5.86. The number of non-ortho nitro benzene ring substituents is 1. The minimum absolute atomic E-state index is 0.104. The van der Waals surface area contributed by atoms with Gasteiger partial charge in [0, 0.05) is 17.7 Å². The van der Waals surface area contributed by atoms with E-state index in [9.17, 15) is 15.2 Å². The molecule has 1 aromatic carbocycles. The lowest BCUT2D eigenvalue weighted by Crippen LogP contribution is -2.03. The van der Waals surface area contributed by atoms with Crippen molar-refractivity contribution < 1.29 is 19.4 Å². The first-order valence-electron chi connectivity index (χ1n) is 5.86. The molecule has 0 spiro atoms. The Hall–Kier alpha value is -2.48. The second-order valence-corrected chi connectivity index (χ2v) is 4.24. The summed E-state index contributed by atoms with van der Waals surface area (Å²) in [4.78, 5) is 10.2. The van der Waals surface area contributed by atoms with Gasteiger partial charge in [0.2, 0.25) is 0 Å². The molecule has 0 saturated carbocycles. The van der Waals surface area contributed by atoms with Gasteiger partial charge < -0.3 is 9.84 Å². The zero-order chi connectivity index (χ0) is 14.7. The fraction of sp³-hybridized carbons (Fsp3) is 0.333.